The first-order chi connectivity index (χ1) is 8.73. The highest BCUT2D eigenvalue weighted by Gasteiger charge is 2.40. The van der Waals surface area contributed by atoms with E-state index in [0.717, 1.165) is 5.82 Å². The quantitative estimate of drug-likeness (QED) is 0.865. The van der Waals surface area contributed by atoms with Crippen LogP contribution in [-0.4, -0.2) is 17.1 Å². The highest BCUT2D eigenvalue weighted by molar-refractivity contribution is 5.91. The molecule has 0 spiro atoms. The van der Waals surface area contributed by atoms with Crippen LogP contribution in [0.25, 0.3) is 10.8 Å². The molecule has 2 aromatic rings. The van der Waals surface area contributed by atoms with Crippen LogP contribution >= 0.6 is 0 Å². The Labute approximate surface area is 107 Å². The molecule has 1 saturated carbocycles. The van der Waals surface area contributed by atoms with Crippen LogP contribution < -0.4 is 11.1 Å². The van der Waals surface area contributed by atoms with Gasteiger partial charge in [0.2, 0.25) is 0 Å². The number of hydrogen-bond acceptors (Lipinski definition) is 3. The van der Waals surface area contributed by atoms with Crippen molar-refractivity contribution in [1.82, 2.24) is 4.98 Å². The zero-order chi connectivity index (χ0) is 12.6. The molecule has 1 aliphatic rings. The molecule has 1 aromatic carbocycles. The summed E-state index contributed by atoms with van der Waals surface area (Å²) in [4.78, 5) is 4.48. The first-order valence-electron chi connectivity index (χ1n) is 6.55. The molecule has 1 heterocycles. The molecule has 3 nitrogen and oxygen atoms in total. The molecule has 1 atom stereocenters. The van der Waals surface area contributed by atoms with Crippen molar-refractivity contribution < 1.29 is 0 Å². The van der Waals surface area contributed by atoms with Crippen LogP contribution in [-0.2, 0) is 0 Å². The number of pyridine rings is 1. The van der Waals surface area contributed by atoms with Crippen LogP contribution in [0.4, 0.5) is 5.82 Å². The van der Waals surface area contributed by atoms with Gasteiger partial charge in [-0.2, -0.15) is 0 Å². The zero-order valence-electron chi connectivity index (χ0n) is 10.7. The van der Waals surface area contributed by atoms with E-state index in [1.54, 1.807) is 0 Å². The summed E-state index contributed by atoms with van der Waals surface area (Å²) in [6, 6.07) is 10.4. The Morgan fingerprint density at radius 2 is 2.11 bits per heavy atom. The molecule has 1 fully saturated rings. The van der Waals surface area contributed by atoms with E-state index in [4.69, 9.17) is 5.73 Å². The van der Waals surface area contributed by atoms with Gasteiger partial charge >= 0.3 is 0 Å². The van der Waals surface area contributed by atoms with E-state index in [2.05, 4.69) is 35.4 Å². The Morgan fingerprint density at radius 1 is 1.33 bits per heavy atom. The Bertz CT molecular complexity index is 557. The van der Waals surface area contributed by atoms with Crippen molar-refractivity contribution in [3.8, 4) is 0 Å². The van der Waals surface area contributed by atoms with Gasteiger partial charge in [0.15, 0.2) is 0 Å². The fraction of sp³-hybridized carbons (Fsp3) is 0.400. The van der Waals surface area contributed by atoms with E-state index in [0.29, 0.717) is 12.5 Å². The van der Waals surface area contributed by atoms with Crippen molar-refractivity contribution in [1.29, 1.82) is 0 Å². The molecule has 1 unspecified atom stereocenters. The number of benzene rings is 1. The van der Waals surface area contributed by atoms with Gasteiger partial charge in [0.1, 0.15) is 5.82 Å². The maximum absolute atomic E-state index is 5.95. The molecule has 3 heteroatoms. The lowest BCUT2D eigenvalue weighted by atomic mass is 9.95. The number of rotatable bonds is 4. The van der Waals surface area contributed by atoms with Crippen LogP contribution in [0, 0.1) is 5.92 Å². The first-order valence-corrected chi connectivity index (χ1v) is 6.55. The Morgan fingerprint density at radius 3 is 2.83 bits per heavy atom. The number of nitrogens with one attached hydrogen (secondary N) is 1. The van der Waals surface area contributed by atoms with Crippen LogP contribution in [0.3, 0.4) is 0 Å². The minimum atomic E-state index is -0.0306. The summed E-state index contributed by atoms with van der Waals surface area (Å²) < 4.78 is 0. The molecule has 0 saturated heterocycles. The molecular weight excluding hydrogens is 222 g/mol. The summed E-state index contributed by atoms with van der Waals surface area (Å²) in [6.07, 6.45) is 4.39. The molecule has 1 aromatic heterocycles. The van der Waals surface area contributed by atoms with Crippen LogP contribution in [0.2, 0.25) is 0 Å². The molecule has 18 heavy (non-hydrogen) atoms. The monoisotopic (exact) mass is 241 g/mol. The summed E-state index contributed by atoms with van der Waals surface area (Å²) in [6.45, 7) is 2.84. The number of hydrogen-bond donors (Lipinski definition) is 2. The standard InChI is InChI=1S/C15H19N3/c1-15(10-16,12-6-7-12)18-14-13-5-3-2-4-11(13)8-9-17-14/h2-5,8-9,12H,6-7,10,16H2,1H3,(H,17,18). The number of fused-ring (bicyclic) bond motifs is 1. The van der Waals surface area contributed by atoms with Gasteiger partial charge < -0.3 is 11.1 Å². The molecule has 0 radical (unpaired) electrons. The predicted octanol–water partition coefficient (Wildman–Crippen LogP) is 2.77. The molecular formula is C15H19N3. The minimum Gasteiger partial charge on any atom is -0.363 e. The third kappa shape index (κ3) is 1.95. The molecule has 1 aliphatic carbocycles. The second-order valence-corrected chi connectivity index (χ2v) is 5.40. The van der Waals surface area contributed by atoms with Gasteiger partial charge in [-0.3, -0.25) is 0 Å². The molecule has 94 valence electrons. The Balaban J connectivity index is 1.99. The topological polar surface area (TPSA) is 50.9 Å². The molecule has 0 bridgehead atoms. The number of nitrogens with zero attached hydrogens (tertiary/aromatic N) is 1. The minimum absolute atomic E-state index is 0.0306. The summed E-state index contributed by atoms with van der Waals surface area (Å²) in [5.41, 5.74) is 5.92. The van der Waals surface area contributed by atoms with E-state index in [9.17, 15) is 0 Å². The summed E-state index contributed by atoms with van der Waals surface area (Å²) in [5.74, 6) is 1.64. The van der Waals surface area contributed by atoms with Crippen LogP contribution in [0.1, 0.15) is 19.8 Å². The SMILES string of the molecule is CC(CN)(Nc1nccc2ccccc12)C1CC1. The average molecular weight is 241 g/mol. The van der Waals surface area contributed by atoms with Gasteiger partial charge in [0, 0.05) is 18.1 Å². The van der Waals surface area contributed by atoms with Gasteiger partial charge in [0.25, 0.3) is 0 Å². The molecule has 3 N–H and O–H groups in total. The van der Waals surface area contributed by atoms with Gasteiger partial charge in [-0.25, -0.2) is 4.98 Å². The van der Waals surface area contributed by atoms with E-state index < -0.39 is 0 Å². The van der Waals surface area contributed by atoms with E-state index in [1.165, 1.54) is 23.6 Å². The lowest BCUT2D eigenvalue weighted by Crippen LogP contribution is -2.44. The maximum Gasteiger partial charge on any atom is 0.134 e. The van der Waals surface area contributed by atoms with Crippen molar-refractivity contribution in [2.45, 2.75) is 25.3 Å². The maximum atomic E-state index is 5.95. The number of aromatic nitrogens is 1. The van der Waals surface area contributed by atoms with Crippen molar-refractivity contribution >= 4 is 16.6 Å². The van der Waals surface area contributed by atoms with Crippen LogP contribution in [0.5, 0.6) is 0 Å². The van der Waals surface area contributed by atoms with Crippen molar-refractivity contribution in [2.24, 2.45) is 11.7 Å². The Kier molecular flexibility index (Phi) is 2.71. The zero-order valence-corrected chi connectivity index (χ0v) is 10.7. The second-order valence-electron chi connectivity index (χ2n) is 5.40. The lowest BCUT2D eigenvalue weighted by Gasteiger charge is -2.30. The Hall–Kier alpha value is -1.61. The highest BCUT2D eigenvalue weighted by atomic mass is 15.1. The molecule has 0 amide bonds. The van der Waals surface area contributed by atoms with Gasteiger partial charge in [-0.05, 0) is 37.1 Å². The summed E-state index contributed by atoms with van der Waals surface area (Å²) in [7, 11) is 0. The third-order valence-electron chi connectivity index (χ3n) is 3.98. The average Bonchev–Trinajstić information content (AvgIpc) is 3.24. The van der Waals surface area contributed by atoms with Crippen molar-refractivity contribution in [2.75, 3.05) is 11.9 Å². The predicted molar refractivity (Wildman–Crippen MR) is 75.5 cm³/mol. The fourth-order valence-electron chi connectivity index (χ4n) is 2.53. The second kappa shape index (κ2) is 4.25. The van der Waals surface area contributed by atoms with Gasteiger partial charge in [-0.1, -0.05) is 24.3 Å². The van der Waals surface area contributed by atoms with Gasteiger partial charge in [-0.15, -0.1) is 0 Å². The normalized spacial score (nSPS) is 18.6. The highest BCUT2D eigenvalue weighted by Crippen LogP contribution is 2.41. The summed E-state index contributed by atoms with van der Waals surface area (Å²) in [5, 5.41) is 5.95. The largest absolute Gasteiger partial charge is 0.363 e. The number of nitrogens with two attached hydrogens (primary N) is 1. The molecule has 3 rings (SSSR count). The fourth-order valence-corrected chi connectivity index (χ4v) is 2.53. The van der Waals surface area contributed by atoms with E-state index in [-0.39, 0.29) is 5.54 Å². The van der Waals surface area contributed by atoms with Crippen molar-refractivity contribution in [3.05, 3.63) is 36.5 Å². The van der Waals surface area contributed by atoms with E-state index in [1.807, 2.05) is 18.3 Å². The smallest absolute Gasteiger partial charge is 0.134 e. The first kappa shape index (κ1) is 11.5. The number of anilines is 1. The van der Waals surface area contributed by atoms with Crippen LogP contribution in [0.15, 0.2) is 36.5 Å². The lowest BCUT2D eigenvalue weighted by molar-refractivity contribution is 0.458. The molecule has 0 aliphatic heterocycles. The third-order valence-corrected chi connectivity index (χ3v) is 3.98. The summed E-state index contributed by atoms with van der Waals surface area (Å²) >= 11 is 0. The van der Waals surface area contributed by atoms with Crippen molar-refractivity contribution in [3.63, 3.8) is 0 Å². The van der Waals surface area contributed by atoms with E-state index >= 15 is 0 Å². The van der Waals surface area contributed by atoms with Gasteiger partial charge in [0.05, 0.1) is 5.54 Å².